The molecule has 2 aromatic carbocycles. The number of para-hydroxylation sites is 1. The van der Waals surface area contributed by atoms with Gasteiger partial charge in [0.05, 0.1) is 42.6 Å². The first kappa shape index (κ1) is 26.1. The molecule has 4 N–H and O–H groups in total. The number of halogens is 1. The Labute approximate surface area is 239 Å². The van der Waals surface area contributed by atoms with E-state index in [0.29, 0.717) is 54.0 Å². The van der Waals surface area contributed by atoms with E-state index in [9.17, 15) is 14.7 Å². The van der Waals surface area contributed by atoms with Crippen LogP contribution in [0.4, 0.5) is 15.9 Å². The lowest BCUT2D eigenvalue weighted by Crippen LogP contribution is -2.26. The average Bonchev–Trinajstić information content (AvgIpc) is 3.67. The van der Waals surface area contributed by atoms with Gasteiger partial charge in [-0.1, -0.05) is 18.2 Å². The smallest absolute Gasteiger partial charge is 0.284 e. The number of amides is 1. The van der Waals surface area contributed by atoms with Crippen LogP contribution in [0.2, 0.25) is 0 Å². The molecule has 214 valence electrons. The second-order valence-corrected chi connectivity index (χ2v) is 10.6. The third-order valence-corrected chi connectivity index (χ3v) is 8.09. The Morgan fingerprint density at radius 3 is 2.71 bits per heavy atom. The zero-order valence-corrected chi connectivity index (χ0v) is 22.5. The Morgan fingerprint density at radius 1 is 1.12 bits per heavy atom. The normalized spacial score (nSPS) is 18.3. The highest BCUT2D eigenvalue weighted by Crippen LogP contribution is 2.40. The Kier molecular flexibility index (Phi) is 6.36. The lowest BCUT2D eigenvalue weighted by atomic mass is 10.0. The molecule has 2 aliphatic rings. The first-order valence-electron chi connectivity index (χ1n) is 13.8. The van der Waals surface area contributed by atoms with Crippen molar-refractivity contribution in [3.8, 4) is 16.8 Å². The topological polar surface area (TPSA) is 142 Å². The molecule has 7 rings (SSSR count). The molecule has 1 aliphatic carbocycles. The molecule has 1 saturated carbocycles. The van der Waals surface area contributed by atoms with Gasteiger partial charge in [-0.15, -0.1) is 0 Å². The van der Waals surface area contributed by atoms with E-state index in [4.69, 9.17) is 10.5 Å². The van der Waals surface area contributed by atoms with Crippen molar-refractivity contribution < 1.29 is 19.0 Å². The molecular weight excluding hydrogens is 541 g/mol. The van der Waals surface area contributed by atoms with E-state index in [2.05, 4.69) is 15.3 Å². The highest BCUT2D eigenvalue weighted by molar-refractivity contribution is 6.05. The molecule has 1 aliphatic heterocycles. The molecule has 4 heterocycles. The van der Waals surface area contributed by atoms with Gasteiger partial charge in [-0.05, 0) is 49.6 Å². The Bertz CT molecular complexity index is 1900. The highest BCUT2D eigenvalue weighted by atomic mass is 19.1. The van der Waals surface area contributed by atoms with Crippen molar-refractivity contribution in [1.82, 2.24) is 23.9 Å². The number of aromatic nitrogens is 5. The number of ether oxygens (including phenoxy) is 1. The zero-order valence-electron chi connectivity index (χ0n) is 22.5. The minimum absolute atomic E-state index is 0.00410. The van der Waals surface area contributed by atoms with E-state index in [1.165, 1.54) is 17.1 Å². The fourth-order valence-corrected chi connectivity index (χ4v) is 6.13. The predicted molar refractivity (Wildman–Crippen MR) is 154 cm³/mol. The summed E-state index contributed by atoms with van der Waals surface area (Å²) in [6.07, 6.45) is 4.79. The number of hydrogen-bond donors (Lipinski definition) is 3. The number of benzene rings is 2. The molecule has 2 atom stereocenters. The van der Waals surface area contributed by atoms with Crippen LogP contribution in [-0.2, 0) is 17.9 Å². The Hall–Kier alpha value is -4.81. The fourth-order valence-electron chi connectivity index (χ4n) is 6.13. The number of anilines is 2. The van der Waals surface area contributed by atoms with Crippen LogP contribution in [0.5, 0.6) is 0 Å². The van der Waals surface area contributed by atoms with Gasteiger partial charge in [-0.25, -0.2) is 19.0 Å². The van der Waals surface area contributed by atoms with Gasteiger partial charge in [0.15, 0.2) is 0 Å². The summed E-state index contributed by atoms with van der Waals surface area (Å²) in [5.41, 5.74) is 8.34. The number of hydrogen-bond acceptors (Lipinski definition) is 7. The van der Waals surface area contributed by atoms with E-state index < -0.39 is 23.4 Å². The molecule has 3 aromatic heterocycles. The summed E-state index contributed by atoms with van der Waals surface area (Å²) in [5, 5.41) is 13.3. The largest absolute Gasteiger partial charge is 0.393 e. The molecule has 0 bridgehead atoms. The number of aliphatic hydroxyl groups excluding tert-OH is 1. The Morgan fingerprint density at radius 2 is 1.95 bits per heavy atom. The van der Waals surface area contributed by atoms with Gasteiger partial charge in [0.1, 0.15) is 29.2 Å². The van der Waals surface area contributed by atoms with Crippen molar-refractivity contribution in [2.24, 2.45) is 0 Å². The van der Waals surface area contributed by atoms with Crippen molar-refractivity contribution in [3.63, 3.8) is 0 Å². The van der Waals surface area contributed by atoms with Crippen LogP contribution in [-0.4, -0.2) is 47.6 Å². The number of carbonyl (C=O) groups excluding carboxylic acids is 1. The van der Waals surface area contributed by atoms with Crippen molar-refractivity contribution >= 4 is 28.4 Å². The van der Waals surface area contributed by atoms with Crippen molar-refractivity contribution in [2.75, 3.05) is 17.7 Å². The number of nitrogens with zero attached hydrogens (tertiary/aromatic N) is 5. The summed E-state index contributed by atoms with van der Waals surface area (Å²) < 4.78 is 26.4. The monoisotopic (exact) mass is 569 g/mol. The number of nitrogens with one attached hydrogen (secondary N) is 1. The number of nitrogen functional groups attached to an aromatic ring is 1. The van der Waals surface area contributed by atoms with Gasteiger partial charge in [-0.3, -0.25) is 14.3 Å². The van der Waals surface area contributed by atoms with Crippen LogP contribution in [0, 0.1) is 5.82 Å². The molecule has 0 spiro atoms. The number of rotatable bonds is 5. The number of carbonyl (C=O) groups is 1. The van der Waals surface area contributed by atoms with E-state index in [0.717, 1.165) is 6.42 Å². The van der Waals surface area contributed by atoms with Crippen LogP contribution >= 0.6 is 0 Å². The molecule has 1 amide bonds. The first-order valence-corrected chi connectivity index (χ1v) is 13.8. The van der Waals surface area contributed by atoms with Gasteiger partial charge in [0, 0.05) is 29.1 Å². The van der Waals surface area contributed by atoms with Gasteiger partial charge >= 0.3 is 0 Å². The number of fused-ring (bicyclic) bond motifs is 2. The lowest BCUT2D eigenvalue weighted by Gasteiger charge is -2.19. The van der Waals surface area contributed by atoms with Crippen LogP contribution in [0.3, 0.4) is 0 Å². The van der Waals surface area contributed by atoms with Gasteiger partial charge in [0.25, 0.3) is 11.5 Å². The molecule has 12 heteroatoms. The summed E-state index contributed by atoms with van der Waals surface area (Å²) in [5.74, 6) is -1.02. The maximum absolute atomic E-state index is 15.7. The fraction of sp³-hybridized carbons (Fsp3) is 0.267. The average molecular weight is 570 g/mol. The minimum Gasteiger partial charge on any atom is -0.393 e. The maximum atomic E-state index is 15.7. The summed E-state index contributed by atoms with van der Waals surface area (Å²) in [7, 11) is 0. The molecule has 42 heavy (non-hydrogen) atoms. The summed E-state index contributed by atoms with van der Waals surface area (Å²) in [6.45, 7) is 0.933. The summed E-state index contributed by atoms with van der Waals surface area (Å²) in [4.78, 5) is 35.5. The van der Waals surface area contributed by atoms with Crippen molar-refractivity contribution in [1.29, 1.82) is 0 Å². The Balaban J connectivity index is 1.23. The molecule has 11 nitrogen and oxygen atoms in total. The van der Waals surface area contributed by atoms with Gasteiger partial charge in [0.2, 0.25) is 0 Å². The van der Waals surface area contributed by atoms with Crippen LogP contribution in [0.15, 0.2) is 65.8 Å². The van der Waals surface area contributed by atoms with Crippen LogP contribution in [0.25, 0.3) is 27.8 Å². The molecular formula is C30H28FN7O4. The van der Waals surface area contributed by atoms with E-state index in [1.54, 1.807) is 35.1 Å². The third-order valence-electron chi connectivity index (χ3n) is 8.09. The van der Waals surface area contributed by atoms with Crippen molar-refractivity contribution in [3.05, 3.63) is 88.5 Å². The lowest BCUT2D eigenvalue weighted by molar-refractivity contribution is 0.0756. The maximum Gasteiger partial charge on any atom is 0.284 e. The van der Waals surface area contributed by atoms with Gasteiger partial charge in [-0.2, -0.15) is 0 Å². The number of nitrogens with two attached hydrogens (primary N) is 1. The first-order chi connectivity index (χ1) is 20.4. The molecule has 0 radical (unpaired) electrons. The minimum atomic E-state index is -0.648. The van der Waals surface area contributed by atoms with E-state index in [-0.39, 0.29) is 35.3 Å². The molecule has 2 unspecified atom stereocenters. The SMILES string of the molecule is Nc1ncnc2c1c(-c1ccc(NC(=O)c3c4n(n(-c5ccccc5)c3=O)CCOC4)cc1F)cn2C1CCC(O)C1. The van der Waals surface area contributed by atoms with E-state index in [1.807, 2.05) is 22.8 Å². The van der Waals surface area contributed by atoms with Crippen LogP contribution in [0.1, 0.15) is 41.4 Å². The van der Waals surface area contributed by atoms with Gasteiger partial charge < -0.3 is 25.5 Å². The molecule has 1 fully saturated rings. The van der Waals surface area contributed by atoms with Crippen molar-refractivity contribution in [2.45, 2.75) is 44.6 Å². The third kappa shape index (κ3) is 4.27. The second kappa shape index (κ2) is 10.2. The highest BCUT2D eigenvalue weighted by Gasteiger charge is 2.30. The quantitative estimate of drug-likeness (QED) is 0.293. The zero-order chi connectivity index (χ0) is 29.0. The number of aliphatic hydroxyl groups is 1. The summed E-state index contributed by atoms with van der Waals surface area (Å²) in [6, 6.07) is 13.4. The predicted octanol–water partition coefficient (Wildman–Crippen LogP) is 3.64. The van der Waals surface area contributed by atoms with Crippen LogP contribution < -0.4 is 16.6 Å². The van der Waals surface area contributed by atoms with E-state index >= 15 is 4.39 Å². The second-order valence-electron chi connectivity index (χ2n) is 10.6. The summed E-state index contributed by atoms with van der Waals surface area (Å²) >= 11 is 0. The molecule has 5 aromatic rings. The molecule has 0 saturated heterocycles. The standard InChI is InChI=1S/C30H28FN7O4/c31-23-12-17(35-29(40)26-24-15-42-11-10-37(24)38(30(26)41)18-4-2-1-3-5-18)6-9-21(23)22-14-36(19-7-8-20(39)13-19)28-25(22)27(32)33-16-34-28/h1-6,9,12,14,16,19-20,39H,7-8,10-11,13,15H2,(H,35,40)(H2,32,33,34).